The summed E-state index contributed by atoms with van der Waals surface area (Å²) in [5.41, 5.74) is 0.718. The molecule has 1 aromatic heterocycles. The van der Waals surface area contributed by atoms with Gasteiger partial charge in [0.15, 0.2) is 5.82 Å². The van der Waals surface area contributed by atoms with Gasteiger partial charge in [-0.3, -0.25) is 10.1 Å². The number of nitro groups is 1. The maximum absolute atomic E-state index is 10.6. The van der Waals surface area contributed by atoms with Crippen LogP contribution in [-0.2, 0) is 6.54 Å². The smallest absolute Gasteiger partial charge is 0.269 e. The van der Waals surface area contributed by atoms with Crippen LogP contribution in [-0.4, -0.2) is 44.5 Å². The quantitative estimate of drug-likeness (QED) is 0.586. The van der Waals surface area contributed by atoms with E-state index in [-0.39, 0.29) is 5.69 Å². The van der Waals surface area contributed by atoms with Crippen molar-refractivity contribution >= 4 is 5.69 Å². The Labute approximate surface area is 115 Å². The average molecular weight is 277 g/mol. The predicted octanol–water partition coefficient (Wildman–Crippen LogP) is 0.434. The number of hydrogen-bond donors (Lipinski definition) is 2. The van der Waals surface area contributed by atoms with Crippen LogP contribution in [0.1, 0.15) is 0 Å². The van der Waals surface area contributed by atoms with Crippen molar-refractivity contribution in [2.75, 3.05) is 13.6 Å². The van der Waals surface area contributed by atoms with Crippen LogP contribution in [0, 0.1) is 10.1 Å². The van der Waals surface area contributed by atoms with Crippen LogP contribution in [0.5, 0.6) is 0 Å². The van der Waals surface area contributed by atoms with Crippen molar-refractivity contribution in [2.24, 2.45) is 0 Å². The Morgan fingerprint density at radius 1 is 1.45 bits per heavy atom. The van der Waals surface area contributed by atoms with Gasteiger partial charge in [0, 0.05) is 24.2 Å². The minimum atomic E-state index is -0.550. The molecule has 1 unspecified atom stereocenters. The summed E-state index contributed by atoms with van der Waals surface area (Å²) in [6, 6.07) is 6.02. The third-order valence-corrected chi connectivity index (χ3v) is 2.71. The number of aliphatic hydroxyl groups excluding tert-OH is 1. The Balaban J connectivity index is 2.10. The Morgan fingerprint density at radius 3 is 2.75 bits per heavy atom. The summed E-state index contributed by atoms with van der Waals surface area (Å²) in [4.78, 5) is 14.2. The zero-order valence-corrected chi connectivity index (χ0v) is 10.9. The van der Waals surface area contributed by atoms with Gasteiger partial charge in [-0.05, 0) is 19.2 Å². The van der Waals surface area contributed by atoms with Gasteiger partial charge in [0.2, 0.25) is 0 Å². The summed E-state index contributed by atoms with van der Waals surface area (Å²) < 4.78 is 1.54. The first-order valence-corrected chi connectivity index (χ1v) is 6.07. The van der Waals surface area contributed by atoms with E-state index in [9.17, 15) is 15.2 Å². The second kappa shape index (κ2) is 6.22. The molecule has 2 rings (SSSR count). The van der Waals surface area contributed by atoms with Crippen LogP contribution >= 0.6 is 0 Å². The summed E-state index contributed by atoms with van der Waals surface area (Å²) in [5.74, 6) is 0.469. The Hall–Kier alpha value is -2.32. The first-order chi connectivity index (χ1) is 9.60. The molecule has 0 aliphatic heterocycles. The first kappa shape index (κ1) is 14.1. The van der Waals surface area contributed by atoms with E-state index in [0.29, 0.717) is 24.5 Å². The lowest BCUT2D eigenvalue weighted by Gasteiger charge is -2.08. The number of aliphatic hydroxyl groups is 1. The molecule has 1 atom stereocenters. The summed E-state index contributed by atoms with van der Waals surface area (Å²) >= 11 is 0. The number of aromatic nitrogens is 3. The van der Waals surface area contributed by atoms with Gasteiger partial charge >= 0.3 is 0 Å². The number of benzene rings is 1. The standard InChI is InChI=1S/C12H15N5O3/c1-13-6-11(18)7-16-8-14-12(15-16)9-2-4-10(5-3-9)17(19)20/h2-5,8,11,13,18H,6-7H2,1H3. The largest absolute Gasteiger partial charge is 0.390 e. The van der Waals surface area contributed by atoms with E-state index < -0.39 is 11.0 Å². The Morgan fingerprint density at radius 2 is 2.15 bits per heavy atom. The highest BCUT2D eigenvalue weighted by Crippen LogP contribution is 2.18. The molecule has 0 aliphatic carbocycles. The fourth-order valence-electron chi connectivity index (χ4n) is 1.76. The molecule has 0 amide bonds. The summed E-state index contributed by atoms with van der Waals surface area (Å²) in [6.07, 6.45) is 0.974. The lowest BCUT2D eigenvalue weighted by atomic mass is 10.2. The molecule has 8 nitrogen and oxygen atoms in total. The zero-order valence-electron chi connectivity index (χ0n) is 10.9. The van der Waals surface area contributed by atoms with Crippen molar-refractivity contribution in [1.29, 1.82) is 0 Å². The molecule has 1 heterocycles. The summed E-state index contributed by atoms with van der Waals surface area (Å²) in [5, 5.41) is 27.3. The van der Waals surface area contributed by atoms with Crippen molar-refractivity contribution < 1.29 is 10.0 Å². The molecule has 20 heavy (non-hydrogen) atoms. The lowest BCUT2D eigenvalue weighted by molar-refractivity contribution is -0.384. The number of nitrogens with zero attached hydrogens (tertiary/aromatic N) is 4. The van der Waals surface area contributed by atoms with E-state index in [1.165, 1.54) is 18.5 Å². The van der Waals surface area contributed by atoms with Gasteiger partial charge < -0.3 is 10.4 Å². The minimum absolute atomic E-state index is 0.0256. The van der Waals surface area contributed by atoms with E-state index in [1.54, 1.807) is 23.9 Å². The summed E-state index contributed by atoms with van der Waals surface area (Å²) in [7, 11) is 1.76. The predicted molar refractivity (Wildman–Crippen MR) is 72.0 cm³/mol. The van der Waals surface area contributed by atoms with Gasteiger partial charge in [0.1, 0.15) is 6.33 Å². The lowest BCUT2D eigenvalue weighted by Crippen LogP contribution is -2.28. The van der Waals surface area contributed by atoms with Gasteiger partial charge in [0.05, 0.1) is 17.6 Å². The SMILES string of the molecule is CNCC(O)Cn1cnc(-c2ccc([N+](=O)[O-])cc2)n1. The molecule has 0 bridgehead atoms. The van der Waals surface area contributed by atoms with E-state index >= 15 is 0 Å². The first-order valence-electron chi connectivity index (χ1n) is 6.07. The molecule has 0 spiro atoms. The molecule has 0 saturated carbocycles. The third kappa shape index (κ3) is 3.37. The number of hydrogen-bond acceptors (Lipinski definition) is 6. The van der Waals surface area contributed by atoms with Crippen molar-refractivity contribution in [1.82, 2.24) is 20.1 Å². The second-order valence-electron chi connectivity index (χ2n) is 4.31. The van der Waals surface area contributed by atoms with Crippen LogP contribution in [0.15, 0.2) is 30.6 Å². The fraction of sp³-hybridized carbons (Fsp3) is 0.333. The van der Waals surface area contributed by atoms with E-state index in [1.807, 2.05) is 0 Å². The fourth-order valence-corrected chi connectivity index (χ4v) is 1.76. The van der Waals surface area contributed by atoms with Crippen LogP contribution in [0.3, 0.4) is 0 Å². The third-order valence-electron chi connectivity index (χ3n) is 2.71. The number of nitrogens with one attached hydrogen (secondary N) is 1. The second-order valence-corrected chi connectivity index (χ2v) is 4.31. The molecule has 0 radical (unpaired) electrons. The van der Waals surface area contributed by atoms with Crippen molar-refractivity contribution in [2.45, 2.75) is 12.6 Å². The zero-order chi connectivity index (χ0) is 14.5. The monoisotopic (exact) mass is 277 g/mol. The Kier molecular flexibility index (Phi) is 4.38. The van der Waals surface area contributed by atoms with E-state index in [4.69, 9.17) is 0 Å². The highest BCUT2D eigenvalue weighted by atomic mass is 16.6. The van der Waals surface area contributed by atoms with Gasteiger partial charge in [0.25, 0.3) is 5.69 Å². The Bertz CT molecular complexity index is 581. The molecule has 2 aromatic rings. The molecule has 0 saturated heterocycles. The molecule has 0 aliphatic rings. The van der Waals surface area contributed by atoms with E-state index in [2.05, 4.69) is 15.4 Å². The number of likely N-dealkylation sites (N-methyl/N-ethyl adjacent to an activating group) is 1. The maximum Gasteiger partial charge on any atom is 0.269 e. The number of non-ortho nitro benzene ring substituents is 1. The highest BCUT2D eigenvalue weighted by Gasteiger charge is 2.10. The molecule has 8 heteroatoms. The number of nitro benzene ring substituents is 1. The van der Waals surface area contributed by atoms with Crippen molar-refractivity contribution in [3.05, 3.63) is 40.7 Å². The average Bonchev–Trinajstić information content (AvgIpc) is 2.87. The van der Waals surface area contributed by atoms with Crippen LogP contribution in [0.4, 0.5) is 5.69 Å². The van der Waals surface area contributed by atoms with E-state index in [0.717, 1.165) is 0 Å². The molecular weight excluding hydrogens is 262 g/mol. The number of rotatable bonds is 6. The van der Waals surface area contributed by atoms with Crippen LogP contribution in [0.2, 0.25) is 0 Å². The maximum atomic E-state index is 10.6. The van der Waals surface area contributed by atoms with Crippen molar-refractivity contribution in [3.8, 4) is 11.4 Å². The summed E-state index contributed by atoms with van der Waals surface area (Å²) in [6.45, 7) is 0.799. The molecule has 106 valence electrons. The minimum Gasteiger partial charge on any atom is -0.390 e. The van der Waals surface area contributed by atoms with Crippen LogP contribution in [0.25, 0.3) is 11.4 Å². The molecule has 1 aromatic carbocycles. The van der Waals surface area contributed by atoms with Crippen molar-refractivity contribution in [3.63, 3.8) is 0 Å². The molecule has 2 N–H and O–H groups in total. The van der Waals surface area contributed by atoms with Gasteiger partial charge in [-0.25, -0.2) is 9.67 Å². The van der Waals surface area contributed by atoms with Crippen LogP contribution < -0.4 is 5.32 Å². The molecule has 0 fully saturated rings. The van der Waals surface area contributed by atoms with Gasteiger partial charge in [-0.15, -0.1) is 0 Å². The normalized spacial score (nSPS) is 12.3. The van der Waals surface area contributed by atoms with Gasteiger partial charge in [-0.2, -0.15) is 5.10 Å². The highest BCUT2D eigenvalue weighted by molar-refractivity contribution is 5.56. The molecular formula is C12H15N5O3. The topological polar surface area (TPSA) is 106 Å². The van der Waals surface area contributed by atoms with Gasteiger partial charge in [-0.1, -0.05) is 0 Å².